The number of fused-ring (bicyclic) bond motifs is 4. The van der Waals surface area contributed by atoms with Gasteiger partial charge in [0.25, 0.3) is 0 Å². The molecule has 1 N–H and O–H groups in total. The molecule has 4 aromatic heterocycles. The number of benzene rings is 1. The van der Waals surface area contributed by atoms with Gasteiger partial charge in [-0.15, -0.1) is 0 Å². The van der Waals surface area contributed by atoms with Crippen molar-refractivity contribution in [3.63, 3.8) is 0 Å². The molecule has 2 bridgehead atoms. The zero-order valence-electron chi connectivity index (χ0n) is 21.6. The van der Waals surface area contributed by atoms with Crippen molar-refractivity contribution in [2.45, 2.75) is 18.9 Å². The van der Waals surface area contributed by atoms with Gasteiger partial charge in [-0.2, -0.15) is 5.10 Å². The Balaban J connectivity index is 1.30. The fourth-order valence-electron chi connectivity index (χ4n) is 5.91. The van der Waals surface area contributed by atoms with Crippen LogP contribution in [-0.2, 0) is 0 Å². The average Bonchev–Trinajstić information content (AvgIpc) is 3.39. The lowest BCUT2D eigenvalue weighted by Crippen LogP contribution is -2.53. The molecular formula is C30H28ClN7O. The second-order valence-electron chi connectivity index (χ2n) is 10.2. The lowest BCUT2D eigenvalue weighted by Gasteiger charge is -2.45. The molecular weight excluding hydrogens is 510 g/mol. The minimum atomic E-state index is 0.464. The van der Waals surface area contributed by atoms with E-state index in [0.717, 1.165) is 57.6 Å². The summed E-state index contributed by atoms with van der Waals surface area (Å²) >= 11 is 6.35. The monoisotopic (exact) mass is 537 g/mol. The summed E-state index contributed by atoms with van der Waals surface area (Å²) in [5.74, 6) is 2.24. The molecule has 3 aliphatic heterocycles. The maximum absolute atomic E-state index is 6.35. The lowest BCUT2D eigenvalue weighted by molar-refractivity contribution is 0.0974. The third-order valence-corrected chi connectivity index (χ3v) is 8.27. The standard InChI is InChI=1S/C30H28ClN7O/c1-39-26-16-21(2-4-23(26)31)28-29(20-6-11-32-12-7-20)36-38-25(8-13-33-30(28)38)22-3-5-27(34-17-22)35-24-18-37-14-9-19(24)10-15-37/h2-8,11-13,16-17,19,24H,9-10,14-15,18H2,1H3,(H,34,35)/t24-/m1/s1. The Morgan fingerprint density at radius 3 is 2.46 bits per heavy atom. The number of anilines is 1. The number of aromatic nitrogens is 5. The SMILES string of the molecule is COc1cc(-c2c(-c3ccncc3)nn3c(-c4ccc(N[C@@H]5CN6CCC5CC6)nc4)ccnc23)ccc1Cl. The Morgan fingerprint density at radius 1 is 0.923 bits per heavy atom. The van der Waals surface area contributed by atoms with E-state index in [4.69, 9.17) is 31.4 Å². The zero-order chi connectivity index (χ0) is 26.3. The molecule has 0 amide bonds. The number of rotatable bonds is 6. The topological polar surface area (TPSA) is 80.5 Å². The van der Waals surface area contributed by atoms with Crippen molar-refractivity contribution in [2.24, 2.45) is 5.92 Å². The summed E-state index contributed by atoms with van der Waals surface area (Å²) < 4.78 is 7.40. The van der Waals surface area contributed by atoms with Gasteiger partial charge >= 0.3 is 0 Å². The van der Waals surface area contributed by atoms with E-state index < -0.39 is 0 Å². The number of ether oxygens (including phenoxy) is 1. The highest BCUT2D eigenvalue weighted by Gasteiger charge is 2.34. The Bertz CT molecular complexity index is 1630. The molecule has 196 valence electrons. The van der Waals surface area contributed by atoms with Crippen LogP contribution in [0.25, 0.3) is 39.3 Å². The van der Waals surface area contributed by atoms with Crippen LogP contribution in [0.4, 0.5) is 5.82 Å². The lowest BCUT2D eigenvalue weighted by atomic mass is 9.84. The smallest absolute Gasteiger partial charge is 0.164 e. The number of halogens is 1. The molecule has 0 aliphatic carbocycles. The summed E-state index contributed by atoms with van der Waals surface area (Å²) in [6.07, 6.45) is 9.81. The van der Waals surface area contributed by atoms with E-state index in [1.807, 2.05) is 53.3 Å². The fraction of sp³-hybridized carbons (Fsp3) is 0.267. The Morgan fingerprint density at radius 2 is 1.74 bits per heavy atom. The van der Waals surface area contributed by atoms with Crippen LogP contribution in [0.2, 0.25) is 5.02 Å². The van der Waals surface area contributed by atoms with Gasteiger partial charge in [0.2, 0.25) is 0 Å². The Kier molecular flexibility index (Phi) is 6.14. The van der Waals surface area contributed by atoms with Gasteiger partial charge in [0, 0.05) is 48.5 Å². The summed E-state index contributed by atoms with van der Waals surface area (Å²) in [6.45, 7) is 3.55. The molecule has 9 heteroatoms. The van der Waals surface area contributed by atoms with E-state index >= 15 is 0 Å². The highest BCUT2D eigenvalue weighted by molar-refractivity contribution is 6.32. The molecule has 0 radical (unpaired) electrons. The highest BCUT2D eigenvalue weighted by atomic mass is 35.5. The number of hydrogen-bond acceptors (Lipinski definition) is 7. The van der Waals surface area contributed by atoms with Crippen molar-refractivity contribution in [1.82, 2.24) is 29.5 Å². The van der Waals surface area contributed by atoms with E-state index in [9.17, 15) is 0 Å². The maximum Gasteiger partial charge on any atom is 0.164 e. The molecule has 1 atom stereocenters. The number of hydrogen-bond donors (Lipinski definition) is 1. The second-order valence-corrected chi connectivity index (χ2v) is 10.6. The predicted molar refractivity (Wildman–Crippen MR) is 153 cm³/mol. The van der Waals surface area contributed by atoms with E-state index in [0.29, 0.717) is 16.8 Å². The number of pyridine rings is 2. The quantitative estimate of drug-likeness (QED) is 0.298. The van der Waals surface area contributed by atoms with Crippen molar-refractivity contribution in [3.8, 4) is 39.4 Å². The fourth-order valence-corrected chi connectivity index (χ4v) is 6.10. The predicted octanol–water partition coefficient (Wildman–Crippen LogP) is 5.69. The minimum absolute atomic E-state index is 0.464. The first-order valence-corrected chi connectivity index (χ1v) is 13.6. The van der Waals surface area contributed by atoms with Crippen molar-refractivity contribution in [3.05, 3.63) is 78.3 Å². The molecule has 5 aromatic rings. The van der Waals surface area contributed by atoms with E-state index in [1.54, 1.807) is 19.5 Å². The van der Waals surface area contributed by atoms with Gasteiger partial charge < -0.3 is 15.0 Å². The van der Waals surface area contributed by atoms with Gasteiger partial charge in [-0.05, 0) is 79.9 Å². The molecule has 0 spiro atoms. The first-order chi connectivity index (χ1) is 19.2. The van der Waals surface area contributed by atoms with Crippen LogP contribution in [0.1, 0.15) is 12.8 Å². The van der Waals surface area contributed by atoms with Crippen molar-refractivity contribution < 1.29 is 4.74 Å². The number of nitrogens with one attached hydrogen (secondary N) is 1. The first-order valence-electron chi connectivity index (χ1n) is 13.3. The number of methoxy groups -OCH3 is 1. The van der Waals surface area contributed by atoms with E-state index in [1.165, 1.54) is 25.9 Å². The van der Waals surface area contributed by atoms with Crippen molar-refractivity contribution in [1.29, 1.82) is 0 Å². The molecule has 1 aromatic carbocycles. The van der Waals surface area contributed by atoms with E-state index in [2.05, 4.69) is 27.3 Å². The Hall–Kier alpha value is -4.01. The molecule has 0 saturated carbocycles. The summed E-state index contributed by atoms with van der Waals surface area (Å²) in [5, 5.41) is 9.29. The number of nitrogens with zero attached hydrogens (tertiary/aromatic N) is 6. The molecule has 8 rings (SSSR count). The average molecular weight is 538 g/mol. The molecule has 7 heterocycles. The molecule has 3 aliphatic rings. The summed E-state index contributed by atoms with van der Waals surface area (Å²) in [4.78, 5) is 16.3. The second kappa shape index (κ2) is 9.94. The van der Waals surface area contributed by atoms with Gasteiger partial charge in [-0.1, -0.05) is 17.7 Å². The summed E-state index contributed by atoms with van der Waals surface area (Å²) in [6, 6.07) is 16.2. The van der Waals surface area contributed by atoms with Gasteiger partial charge in [0.15, 0.2) is 5.65 Å². The first kappa shape index (κ1) is 24.1. The van der Waals surface area contributed by atoms with E-state index in [-0.39, 0.29) is 0 Å². The summed E-state index contributed by atoms with van der Waals surface area (Å²) in [7, 11) is 1.61. The highest BCUT2D eigenvalue weighted by Crippen LogP contribution is 2.39. The van der Waals surface area contributed by atoms with Crippen LogP contribution in [0.5, 0.6) is 5.75 Å². The van der Waals surface area contributed by atoms with Crippen LogP contribution >= 0.6 is 11.6 Å². The third-order valence-electron chi connectivity index (χ3n) is 7.96. The van der Waals surface area contributed by atoms with Crippen LogP contribution in [-0.4, -0.2) is 62.3 Å². The molecule has 39 heavy (non-hydrogen) atoms. The summed E-state index contributed by atoms with van der Waals surface area (Å²) in [5.41, 5.74) is 6.16. The van der Waals surface area contributed by atoms with Gasteiger partial charge in [0.05, 0.1) is 23.4 Å². The van der Waals surface area contributed by atoms with Crippen LogP contribution in [0.15, 0.2) is 73.3 Å². The Labute approximate surface area is 231 Å². The van der Waals surface area contributed by atoms with Gasteiger partial charge in [-0.3, -0.25) is 4.98 Å². The van der Waals surface area contributed by atoms with Crippen molar-refractivity contribution >= 4 is 23.1 Å². The number of piperidine rings is 3. The van der Waals surface area contributed by atoms with Gasteiger partial charge in [-0.25, -0.2) is 14.5 Å². The molecule has 0 unspecified atom stereocenters. The zero-order valence-corrected chi connectivity index (χ0v) is 22.3. The van der Waals surface area contributed by atoms with Crippen LogP contribution < -0.4 is 10.1 Å². The van der Waals surface area contributed by atoms with Crippen LogP contribution in [0.3, 0.4) is 0 Å². The largest absolute Gasteiger partial charge is 0.495 e. The third kappa shape index (κ3) is 4.39. The molecule has 8 nitrogen and oxygen atoms in total. The van der Waals surface area contributed by atoms with Crippen molar-refractivity contribution in [2.75, 3.05) is 32.1 Å². The maximum atomic E-state index is 6.35. The van der Waals surface area contributed by atoms with Gasteiger partial charge in [0.1, 0.15) is 17.3 Å². The normalized spacial score (nSPS) is 20.3. The minimum Gasteiger partial charge on any atom is -0.495 e. The molecule has 3 saturated heterocycles. The van der Waals surface area contributed by atoms with Crippen LogP contribution in [0, 0.1) is 5.92 Å². The molecule has 3 fully saturated rings.